The second kappa shape index (κ2) is 4.76. The van der Waals surface area contributed by atoms with Crippen LogP contribution in [-0.4, -0.2) is 17.7 Å². The number of ether oxygens (including phenoxy) is 1. The lowest BCUT2D eigenvalue weighted by Crippen LogP contribution is -2.19. The van der Waals surface area contributed by atoms with Crippen molar-refractivity contribution in [3.8, 4) is 5.75 Å². The molecule has 96 valence electrons. The summed E-state index contributed by atoms with van der Waals surface area (Å²) >= 11 is 3.42. The minimum atomic E-state index is -0.745. The summed E-state index contributed by atoms with van der Waals surface area (Å²) in [4.78, 5) is 11.2. The zero-order valence-corrected chi connectivity index (χ0v) is 11.8. The molecular weight excluding hydrogens is 296 g/mol. The quantitative estimate of drug-likeness (QED) is 0.846. The fourth-order valence-electron chi connectivity index (χ4n) is 1.87. The molecule has 1 saturated carbocycles. The summed E-state index contributed by atoms with van der Waals surface area (Å²) in [6.07, 6.45) is 1.42. The number of aliphatic carboxylic acids is 1. The molecule has 0 amide bonds. The topological polar surface area (TPSA) is 46.5 Å². The number of rotatable bonds is 5. The number of carboxylic acid groups (broad SMARTS) is 1. The first-order valence-corrected chi connectivity index (χ1v) is 6.55. The van der Waals surface area contributed by atoms with Gasteiger partial charge < -0.3 is 9.84 Å². The van der Waals surface area contributed by atoms with Gasteiger partial charge in [0, 0.05) is 0 Å². The molecule has 1 fully saturated rings. The molecule has 1 aromatic carbocycles. The van der Waals surface area contributed by atoms with Gasteiger partial charge in [-0.05, 0) is 59.0 Å². The number of hydrogen-bond donors (Lipinski definition) is 1. The molecule has 0 heterocycles. The molecule has 0 radical (unpaired) electrons. The van der Waals surface area contributed by atoms with Crippen molar-refractivity contribution in [2.75, 3.05) is 6.61 Å². The molecule has 1 N–H and O–H groups in total. The Balaban J connectivity index is 2.20. The summed E-state index contributed by atoms with van der Waals surface area (Å²) < 4.78 is 6.34. The fourth-order valence-corrected chi connectivity index (χ4v) is 2.36. The Morgan fingerprint density at radius 3 is 2.67 bits per heavy atom. The van der Waals surface area contributed by atoms with Gasteiger partial charge in [-0.15, -0.1) is 0 Å². The Labute approximate surface area is 115 Å². The summed E-state index contributed by atoms with van der Waals surface area (Å²) in [7, 11) is 0. The van der Waals surface area contributed by atoms with Crippen LogP contribution in [-0.2, 0) is 10.2 Å². The maximum Gasteiger partial charge on any atom is 0.314 e. The largest absolute Gasteiger partial charge is 0.488 e. The third-order valence-electron chi connectivity index (χ3n) is 3.12. The molecule has 0 bridgehead atoms. The molecule has 2 rings (SSSR count). The van der Waals surface area contributed by atoms with Gasteiger partial charge in [0.2, 0.25) is 0 Å². The summed E-state index contributed by atoms with van der Waals surface area (Å²) in [5.74, 6) is -0.0343. The Hall–Kier alpha value is -1.29. The van der Waals surface area contributed by atoms with Crippen molar-refractivity contribution in [2.45, 2.75) is 25.2 Å². The molecule has 3 nitrogen and oxygen atoms in total. The van der Waals surface area contributed by atoms with Crippen LogP contribution in [0.15, 0.2) is 34.8 Å². The predicted octanol–water partition coefficient (Wildman–Crippen LogP) is 3.52. The summed E-state index contributed by atoms with van der Waals surface area (Å²) in [6.45, 7) is 6.13. The molecule has 0 saturated heterocycles. The van der Waals surface area contributed by atoms with Crippen LogP contribution < -0.4 is 4.74 Å². The van der Waals surface area contributed by atoms with Crippen molar-refractivity contribution < 1.29 is 14.6 Å². The molecule has 0 aromatic heterocycles. The zero-order chi connectivity index (χ0) is 13.3. The van der Waals surface area contributed by atoms with E-state index in [1.807, 2.05) is 25.1 Å². The number of carboxylic acids is 1. The van der Waals surface area contributed by atoms with Crippen molar-refractivity contribution in [3.05, 3.63) is 40.4 Å². The number of carbonyl (C=O) groups is 1. The van der Waals surface area contributed by atoms with Gasteiger partial charge in [-0.1, -0.05) is 12.6 Å². The van der Waals surface area contributed by atoms with E-state index in [4.69, 9.17) is 4.74 Å². The molecule has 4 heteroatoms. The lowest BCUT2D eigenvalue weighted by molar-refractivity contribution is -0.140. The van der Waals surface area contributed by atoms with E-state index in [-0.39, 0.29) is 0 Å². The van der Waals surface area contributed by atoms with Crippen molar-refractivity contribution in [2.24, 2.45) is 0 Å². The molecule has 18 heavy (non-hydrogen) atoms. The third kappa shape index (κ3) is 2.43. The van der Waals surface area contributed by atoms with E-state index >= 15 is 0 Å². The lowest BCUT2D eigenvalue weighted by Gasteiger charge is -2.13. The van der Waals surface area contributed by atoms with Crippen LogP contribution in [0.4, 0.5) is 0 Å². The van der Waals surface area contributed by atoms with Crippen molar-refractivity contribution >= 4 is 21.9 Å². The van der Waals surface area contributed by atoms with Gasteiger partial charge >= 0.3 is 5.97 Å². The van der Waals surface area contributed by atoms with Crippen LogP contribution in [0.5, 0.6) is 5.75 Å². The van der Waals surface area contributed by atoms with E-state index in [1.54, 1.807) is 0 Å². The first-order chi connectivity index (χ1) is 8.45. The summed E-state index contributed by atoms with van der Waals surface area (Å²) in [5, 5.41) is 9.24. The average molecular weight is 311 g/mol. The van der Waals surface area contributed by atoms with E-state index in [0.717, 1.165) is 15.6 Å². The SMILES string of the molecule is C=C(C)COc1ccc(C2(C(=O)O)CC2)cc1Br. The predicted molar refractivity (Wildman–Crippen MR) is 73.0 cm³/mol. The number of hydrogen-bond acceptors (Lipinski definition) is 2. The number of benzene rings is 1. The minimum Gasteiger partial charge on any atom is -0.488 e. The Morgan fingerprint density at radius 2 is 2.22 bits per heavy atom. The lowest BCUT2D eigenvalue weighted by atomic mass is 9.96. The van der Waals surface area contributed by atoms with Gasteiger partial charge in [-0.3, -0.25) is 4.79 Å². The van der Waals surface area contributed by atoms with Crippen molar-refractivity contribution in [1.29, 1.82) is 0 Å². The van der Waals surface area contributed by atoms with Gasteiger partial charge in [0.25, 0.3) is 0 Å². The molecule has 1 aliphatic rings. The highest BCUT2D eigenvalue weighted by Gasteiger charge is 2.51. The second-order valence-electron chi connectivity index (χ2n) is 4.78. The second-order valence-corrected chi connectivity index (χ2v) is 5.63. The van der Waals surface area contributed by atoms with Crippen LogP contribution in [0.2, 0.25) is 0 Å². The molecule has 0 atom stereocenters. The highest BCUT2D eigenvalue weighted by Crippen LogP contribution is 2.49. The van der Waals surface area contributed by atoms with E-state index < -0.39 is 11.4 Å². The van der Waals surface area contributed by atoms with Crippen LogP contribution in [0, 0.1) is 0 Å². The maximum atomic E-state index is 11.2. The van der Waals surface area contributed by atoms with Crippen LogP contribution in [0.25, 0.3) is 0 Å². The van der Waals surface area contributed by atoms with Crippen molar-refractivity contribution in [3.63, 3.8) is 0 Å². The molecule has 1 aromatic rings. The number of halogens is 1. The molecule has 0 unspecified atom stereocenters. The molecule has 0 aliphatic heterocycles. The Morgan fingerprint density at radius 1 is 1.56 bits per heavy atom. The van der Waals surface area contributed by atoms with Crippen LogP contribution in [0.3, 0.4) is 0 Å². The fraction of sp³-hybridized carbons (Fsp3) is 0.357. The van der Waals surface area contributed by atoms with E-state index in [1.165, 1.54) is 0 Å². The standard InChI is InChI=1S/C14H15BrO3/c1-9(2)8-18-12-4-3-10(7-11(12)15)14(5-6-14)13(16)17/h3-4,7H,1,5-6,8H2,2H3,(H,16,17). The van der Waals surface area contributed by atoms with E-state index in [0.29, 0.717) is 25.2 Å². The van der Waals surface area contributed by atoms with Gasteiger partial charge in [0.05, 0.1) is 9.89 Å². The van der Waals surface area contributed by atoms with Crippen LogP contribution >= 0.6 is 15.9 Å². The highest BCUT2D eigenvalue weighted by atomic mass is 79.9. The first-order valence-electron chi connectivity index (χ1n) is 5.76. The van der Waals surface area contributed by atoms with Crippen molar-refractivity contribution in [1.82, 2.24) is 0 Å². The summed E-state index contributed by atoms with van der Waals surface area (Å²) in [6, 6.07) is 5.49. The smallest absolute Gasteiger partial charge is 0.314 e. The van der Waals surface area contributed by atoms with Crippen LogP contribution in [0.1, 0.15) is 25.3 Å². The third-order valence-corrected chi connectivity index (χ3v) is 3.74. The van der Waals surface area contributed by atoms with E-state index in [2.05, 4.69) is 22.5 Å². The molecule has 1 aliphatic carbocycles. The molecule has 0 spiro atoms. The Bertz CT molecular complexity index is 504. The first kappa shape index (κ1) is 13.1. The zero-order valence-electron chi connectivity index (χ0n) is 10.2. The maximum absolute atomic E-state index is 11.2. The Kier molecular flexibility index (Phi) is 3.48. The van der Waals surface area contributed by atoms with Gasteiger partial charge in [-0.25, -0.2) is 0 Å². The minimum absolute atomic E-state index is 0.460. The monoisotopic (exact) mass is 310 g/mol. The molecular formula is C14H15BrO3. The van der Waals surface area contributed by atoms with Gasteiger partial charge in [0.1, 0.15) is 12.4 Å². The average Bonchev–Trinajstić information content (AvgIpc) is 3.08. The van der Waals surface area contributed by atoms with Gasteiger partial charge in [0.15, 0.2) is 0 Å². The summed E-state index contributed by atoms with van der Waals surface area (Å²) in [5.41, 5.74) is 1.11. The normalized spacial score (nSPS) is 16.1. The van der Waals surface area contributed by atoms with Gasteiger partial charge in [-0.2, -0.15) is 0 Å². The highest BCUT2D eigenvalue weighted by molar-refractivity contribution is 9.10. The van der Waals surface area contributed by atoms with E-state index in [9.17, 15) is 9.90 Å².